The number of ether oxygens (including phenoxy) is 1. The number of rotatable bonds is 2. The van der Waals surface area contributed by atoms with Crippen LogP contribution in [0.2, 0.25) is 0 Å². The number of benzene rings is 1. The van der Waals surface area contributed by atoms with E-state index in [2.05, 4.69) is 29.2 Å². The predicted molar refractivity (Wildman–Crippen MR) is 75.9 cm³/mol. The van der Waals surface area contributed by atoms with E-state index in [4.69, 9.17) is 4.74 Å². The van der Waals surface area contributed by atoms with E-state index in [9.17, 15) is 0 Å². The number of fused-ring (bicyclic) bond motifs is 3. The van der Waals surface area contributed by atoms with Gasteiger partial charge in [-0.25, -0.2) is 0 Å². The Labute approximate surface area is 115 Å². The van der Waals surface area contributed by atoms with Crippen molar-refractivity contribution in [3.05, 3.63) is 35.4 Å². The number of hydrogen-bond acceptors (Lipinski definition) is 2. The fraction of sp³-hybridized carbons (Fsp3) is 0.647. The number of hydrogen-bond donors (Lipinski definition) is 0. The van der Waals surface area contributed by atoms with E-state index in [1.807, 2.05) is 0 Å². The highest BCUT2D eigenvalue weighted by Gasteiger charge is 2.42. The molecule has 102 valence electrons. The van der Waals surface area contributed by atoms with Crippen molar-refractivity contribution >= 4 is 0 Å². The molecule has 4 rings (SSSR count). The monoisotopic (exact) mass is 257 g/mol. The smallest absolute Gasteiger partial charge is 0.100 e. The Bertz CT molecular complexity index is 452. The molecule has 0 amide bonds. The van der Waals surface area contributed by atoms with Crippen LogP contribution in [0.4, 0.5) is 0 Å². The Balaban J connectivity index is 1.52. The van der Waals surface area contributed by atoms with Crippen molar-refractivity contribution < 1.29 is 4.74 Å². The Morgan fingerprint density at radius 1 is 1.11 bits per heavy atom. The summed E-state index contributed by atoms with van der Waals surface area (Å²) in [7, 11) is 0. The van der Waals surface area contributed by atoms with Crippen LogP contribution in [0.5, 0.6) is 0 Å². The molecule has 2 heteroatoms. The van der Waals surface area contributed by atoms with E-state index in [1.54, 1.807) is 0 Å². The SMILES string of the molecule is c1ccc2c(c1)CC1OCN(CC3CCCCC3)C21. The minimum Gasteiger partial charge on any atom is -0.360 e. The summed E-state index contributed by atoms with van der Waals surface area (Å²) in [6.45, 7) is 2.09. The lowest BCUT2D eigenvalue weighted by Gasteiger charge is -2.29. The van der Waals surface area contributed by atoms with Gasteiger partial charge in [-0.05, 0) is 29.9 Å². The summed E-state index contributed by atoms with van der Waals surface area (Å²) < 4.78 is 6.04. The van der Waals surface area contributed by atoms with Crippen molar-refractivity contribution in [3.8, 4) is 0 Å². The van der Waals surface area contributed by atoms with Gasteiger partial charge in [0.25, 0.3) is 0 Å². The van der Waals surface area contributed by atoms with Gasteiger partial charge in [-0.15, -0.1) is 0 Å². The Hall–Kier alpha value is -0.860. The standard InChI is InChI=1S/C17H23NO/c1-2-6-13(7-3-1)11-18-12-19-16-10-14-8-4-5-9-15(14)17(16)18/h4-5,8-9,13,16-17H,1-3,6-7,10-12H2. The minimum absolute atomic E-state index is 0.418. The first kappa shape index (κ1) is 11.9. The van der Waals surface area contributed by atoms with E-state index in [1.165, 1.54) is 49.8 Å². The third-order valence-corrected chi connectivity index (χ3v) is 5.21. The molecule has 0 N–H and O–H groups in total. The quantitative estimate of drug-likeness (QED) is 0.803. The lowest BCUT2D eigenvalue weighted by molar-refractivity contribution is 0.0834. The Morgan fingerprint density at radius 3 is 2.84 bits per heavy atom. The Morgan fingerprint density at radius 2 is 1.95 bits per heavy atom. The van der Waals surface area contributed by atoms with Crippen molar-refractivity contribution in [2.45, 2.75) is 50.7 Å². The van der Waals surface area contributed by atoms with E-state index in [-0.39, 0.29) is 0 Å². The molecular formula is C17H23NO. The average molecular weight is 257 g/mol. The molecule has 0 spiro atoms. The van der Waals surface area contributed by atoms with Gasteiger partial charge >= 0.3 is 0 Å². The molecule has 2 unspecified atom stereocenters. The second-order valence-corrected chi connectivity index (χ2v) is 6.46. The highest BCUT2D eigenvalue weighted by atomic mass is 16.5. The first-order chi connectivity index (χ1) is 9.42. The second kappa shape index (κ2) is 4.92. The van der Waals surface area contributed by atoms with Gasteiger partial charge in [0.1, 0.15) is 6.73 Å². The lowest BCUT2D eigenvalue weighted by Crippen LogP contribution is -2.31. The van der Waals surface area contributed by atoms with Gasteiger partial charge in [0.2, 0.25) is 0 Å². The summed E-state index contributed by atoms with van der Waals surface area (Å²) in [4.78, 5) is 2.60. The maximum absolute atomic E-state index is 6.04. The van der Waals surface area contributed by atoms with Crippen LogP contribution in [0.3, 0.4) is 0 Å². The zero-order chi connectivity index (χ0) is 12.7. The summed E-state index contributed by atoms with van der Waals surface area (Å²) >= 11 is 0. The first-order valence-corrected chi connectivity index (χ1v) is 7.85. The molecule has 1 saturated heterocycles. The molecule has 2 aliphatic carbocycles. The molecule has 0 radical (unpaired) electrons. The fourth-order valence-electron chi connectivity index (χ4n) is 4.26. The average Bonchev–Trinajstić information content (AvgIpc) is 3.00. The summed E-state index contributed by atoms with van der Waals surface area (Å²) in [6.07, 6.45) is 8.70. The van der Waals surface area contributed by atoms with Crippen molar-refractivity contribution in [2.75, 3.05) is 13.3 Å². The van der Waals surface area contributed by atoms with Gasteiger partial charge in [0.15, 0.2) is 0 Å². The fourth-order valence-corrected chi connectivity index (χ4v) is 4.26. The second-order valence-electron chi connectivity index (χ2n) is 6.46. The van der Waals surface area contributed by atoms with E-state index in [0.717, 1.165) is 19.1 Å². The van der Waals surface area contributed by atoms with Crippen LogP contribution in [-0.2, 0) is 11.2 Å². The summed E-state index contributed by atoms with van der Waals surface area (Å²) in [5.41, 5.74) is 3.03. The van der Waals surface area contributed by atoms with Crippen molar-refractivity contribution in [3.63, 3.8) is 0 Å². The van der Waals surface area contributed by atoms with Crippen LogP contribution < -0.4 is 0 Å². The molecule has 0 bridgehead atoms. The predicted octanol–water partition coefficient (Wildman–Crippen LogP) is 3.52. The van der Waals surface area contributed by atoms with Gasteiger partial charge in [0, 0.05) is 13.0 Å². The van der Waals surface area contributed by atoms with Crippen LogP contribution in [-0.4, -0.2) is 24.3 Å². The van der Waals surface area contributed by atoms with Crippen molar-refractivity contribution in [1.82, 2.24) is 4.90 Å². The zero-order valence-corrected chi connectivity index (χ0v) is 11.6. The molecule has 2 nitrogen and oxygen atoms in total. The van der Waals surface area contributed by atoms with Gasteiger partial charge in [-0.3, -0.25) is 4.90 Å². The molecule has 2 atom stereocenters. The van der Waals surface area contributed by atoms with Crippen LogP contribution in [0.1, 0.15) is 49.3 Å². The number of nitrogens with zero attached hydrogens (tertiary/aromatic N) is 1. The van der Waals surface area contributed by atoms with Crippen molar-refractivity contribution in [1.29, 1.82) is 0 Å². The molecule has 1 aromatic rings. The van der Waals surface area contributed by atoms with Gasteiger partial charge < -0.3 is 4.74 Å². The highest BCUT2D eigenvalue weighted by Crippen LogP contribution is 2.42. The molecule has 1 saturated carbocycles. The molecule has 1 heterocycles. The van der Waals surface area contributed by atoms with E-state index < -0.39 is 0 Å². The first-order valence-electron chi connectivity index (χ1n) is 7.85. The van der Waals surface area contributed by atoms with Gasteiger partial charge in [-0.2, -0.15) is 0 Å². The highest BCUT2D eigenvalue weighted by molar-refractivity contribution is 5.37. The molecule has 0 aromatic heterocycles. The van der Waals surface area contributed by atoms with Crippen LogP contribution >= 0.6 is 0 Å². The topological polar surface area (TPSA) is 12.5 Å². The van der Waals surface area contributed by atoms with Crippen LogP contribution in [0.25, 0.3) is 0 Å². The molecule has 1 aromatic carbocycles. The lowest BCUT2D eigenvalue weighted by atomic mass is 9.88. The molecular weight excluding hydrogens is 234 g/mol. The summed E-state index contributed by atoms with van der Waals surface area (Å²) in [6, 6.07) is 9.46. The zero-order valence-electron chi connectivity index (χ0n) is 11.6. The van der Waals surface area contributed by atoms with E-state index in [0.29, 0.717) is 12.1 Å². The van der Waals surface area contributed by atoms with Crippen molar-refractivity contribution in [2.24, 2.45) is 5.92 Å². The maximum Gasteiger partial charge on any atom is 0.100 e. The summed E-state index contributed by atoms with van der Waals surface area (Å²) in [5.74, 6) is 0.906. The molecule has 19 heavy (non-hydrogen) atoms. The van der Waals surface area contributed by atoms with Crippen LogP contribution in [0.15, 0.2) is 24.3 Å². The Kier molecular flexibility index (Phi) is 3.08. The van der Waals surface area contributed by atoms with Gasteiger partial charge in [-0.1, -0.05) is 43.5 Å². The van der Waals surface area contributed by atoms with Crippen LogP contribution in [0, 0.1) is 5.92 Å². The molecule has 3 aliphatic rings. The van der Waals surface area contributed by atoms with Gasteiger partial charge in [0.05, 0.1) is 12.1 Å². The molecule has 2 fully saturated rings. The largest absolute Gasteiger partial charge is 0.360 e. The minimum atomic E-state index is 0.418. The third-order valence-electron chi connectivity index (χ3n) is 5.21. The maximum atomic E-state index is 6.04. The normalized spacial score (nSPS) is 31.4. The van der Waals surface area contributed by atoms with E-state index >= 15 is 0 Å². The third kappa shape index (κ3) is 2.11. The molecule has 1 aliphatic heterocycles. The summed E-state index contributed by atoms with van der Waals surface area (Å²) in [5, 5.41) is 0.